The summed E-state index contributed by atoms with van der Waals surface area (Å²) in [6.45, 7) is 0. The fourth-order valence-corrected chi connectivity index (χ4v) is 1.12. The first-order chi connectivity index (χ1) is 7.38. The molecule has 0 aliphatic heterocycles. The molecule has 0 rings (SSSR count). The van der Waals surface area contributed by atoms with E-state index in [1.807, 2.05) is 0 Å². The Balaban J connectivity index is 4.13. The van der Waals surface area contributed by atoms with Crippen molar-refractivity contribution in [3.8, 4) is 0 Å². The number of carbonyl (C=O) groups is 3. The summed E-state index contributed by atoms with van der Waals surface area (Å²) in [6.07, 6.45) is -0.284. The molecular formula is C8H14N2O5S. The van der Waals surface area contributed by atoms with Crippen LogP contribution in [0.1, 0.15) is 12.8 Å². The van der Waals surface area contributed by atoms with Gasteiger partial charge in [-0.05, 0) is 6.42 Å². The van der Waals surface area contributed by atoms with Crippen molar-refractivity contribution in [3.05, 3.63) is 0 Å². The van der Waals surface area contributed by atoms with Gasteiger partial charge in [-0.2, -0.15) is 12.6 Å². The number of carboxylic acid groups (broad SMARTS) is 2. The van der Waals surface area contributed by atoms with Crippen LogP contribution in [0.15, 0.2) is 0 Å². The average Bonchev–Trinajstić information content (AvgIpc) is 2.21. The first-order valence-electron chi connectivity index (χ1n) is 4.50. The molecule has 7 nitrogen and oxygen atoms in total. The Kier molecular flexibility index (Phi) is 6.50. The standard InChI is InChI=1S/C8H14N2O5S/c9-4(1-2-6(11)12)7(13)10-5(3-16)8(14)15/h4-5,16H,1-3,9H2,(H,10,13)(H,11,12)(H,14,15)/t4?,5-/m0/s1. The first kappa shape index (κ1) is 14.7. The summed E-state index contributed by atoms with van der Waals surface area (Å²) in [7, 11) is 0. The van der Waals surface area contributed by atoms with E-state index in [4.69, 9.17) is 15.9 Å². The van der Waals surface area contributed by atoms with Crippen LogP contribution in [0, 0.1) is 0 Å². The van der Waals surface area contributed by atoms with Crippen molar-refractivity contribution < 1.29 is 24.6 Å². The highest BCUT2D eigenvalue weighted by Gasteiger charge is 2.22. The fraction of sp³-hybridized carbons (Fsp3) is 0.625. The van der Waals surface area contributed by atoms with Gasteiger partial charge in [0.2, 0.25) is 5.91 Å². The number of thiol groups is 1. The van der Waals surface area contributed by atoms with Crippen molar-refractivity contribution in [2.24, 2.45) is 5.73 Å². The second-order valence-corrected chi connectivity index (χ2v) is 3.49. The lowest BCUT2D eigenvalue weighted by molar-refractivity contribution is -0.141. The van der Waals surface area contributed by atoms with Gasteiger partial charge in [0.25, 0.3) is 0 Å². The molecule has 0 aromatic carbocycles. The highest BCUT2D eigenvalue weighted by Crippen LogP contribution is 1.96. The number of nitrogens with two attached hydrogens (primary N) is 1. The Morgan fingerprint density at radius 2 is 1.88 bits per heavy atom. The van der Waals surface area contributed by atoms with Crippen molar-refractivity contribution >= 4 is 30.5 Å². The molecular weight excluding hydrogens is 236 g/mol. The van der Waals surface area contributed by atoms with Crippen molar-refractivity contribution in [1.82, 2.24) is 5.32 Å². The van der Waals surface area contributed by atoms with Gasteiger partial charge in [-0.15, -0.1) is 0 Å². The molecule has 5 N–H and O–H groups in total. The van der Waals surface area contributed by atoms with Gasteiger partial charge in [0.05, 0.1) is 6.04 Å². The maximum atomic E-state index is 11.3. The third-order valence-corrected chi connectivity index (χ3v) is 2.17. The second-order valence-electron chi connectivity index (χ2n) is 3.12. The number of hydrogen-bond acceptors (Lipinski definition) is 5. The Hall–Kier alpha value is -1.28. The summed E-state index contributed by atoms with van der Waals surface area (Å²) in [5, 5.41) is 19.1. The third-order valence-electron chi connectivity index (χ3n) is 1.80. The molecule has 0 spiro atoms. The van der Waals surface area contributed by atoms with Crippen LogP contribution in [0.2, 0.25) is 0 Å². The molecule has 0 radical (unpaired) electrons. The van der Waals surface area contributed by atoms with E-state index < -0.39 is 29.9 Å². The molecule has 0 saturated heterocycles. The van der Waals surface area contributed by atoms with Crippen LogP contribution in [0.25, 0.3) is 0 Å². The summed E-state index contributed by atoms with van der Waals surface area (Å²) >= 11 is 3.75. The van der Waals surface area contributed by atoms with Gasteiger partial charge in [0.15, 0.2) is 0 Å². The van der Waals surface area contributed by atoms with Crippen molar-refractivity contribution in [1.29, 1.82) is 0 Å². The monoisotopic (exact) mass is 250 g/mol. The topological polar surface area (TPSA) is 130 Å². The van der Waals surface area contributed by atoms with Crippen LogP contribution < -0.4 is 11.1 Å². The van der Waals surface area contributed by atoms with Crippen LogP contribution in [0.3, 0.4) is 0 Å². The number of rotatable bonds is 7. The van der Waals surface area contributed by atoms with Gasteiger partial charge in [-0.1, -0.05) is 0 Å². The summed E-state index contributed by atoms with van der Waals surface area (Å²) in [4.78, 5) is 32.1. The van der Waals surface area contributed by atoms with Crippen molar-refractivity contribution in [2.75, 3.05) is 5.75 Å². The zero-order chi connectivity index (χ0) is 12.7. The van der Waals surface area contributed by atoms with E-state index in [2.05, 4.69) is 17.9 Å². The minimum Gasteiger partial charge on any atom is -0.481 e. The maximum absolute atomic E-state index is 11.3. The van der Waals surface area contributed by atoms with E-state index >= 15 is 0 Å². The number of aliphatic carboxylic acids is 2. The van der Waals surface area contributed by atoms with E-state index in [-0.39, 0.29) is 18.6 Å². The zero-order valence-electron chi connectivity index (χ0n) is 8.42. The zero-order valence-corrected chi connectivity index (χ0v) is 9.31. The molecule has 2 atom stereocenters. The normalized spacial score (nSPS) is 13.9. The molecule has 1 unspecified atom stereocenters. The largest absolute Gasteiger partial charge is 0.481 e. The summed E-state index contributed by atoms with van der Waals surface area (Å²) in [6, 6.07) is -2.15. The van der Waals surface area contributed by atoms with Gasteiger partial charge >= 0.3 is 11.9 Å². The smallest absolute Gasteiger partial charge is 0.327 e. The molecule has 16 heavy (non-hydrogen) atoms. The van der Waals surface area contributed by atoms with Gasteiger partial charge < -0.3 is 21.3 Å². The Labute approximate surface area is 97.4 Å². The molecule has 0 aliphatic rings. The SMILES string of the molecule is NC(CCC(=O)O)C(=O)N[C@@H](CS)C(=O)O. The fourth-order valence-electron chi connectivity index (χ4n) is 0.874. The molecule has 8 heteroatoms. The molecule has 92 valence electrons. The molecule has 0 saturated carbocycles. The Morgan fingerprint density at radius 1 is 1.31 bits per heavy atom. The molecule has 0 heterocycles. The lowest BCUT2D eigenvalue weighted by atomic mass is 10.1. The maximum Gasteiger partial charge on any atom is 0.327 e. The first-order valence-corrected chi connectivity index (χ1v) is 5.13. The number of carboxylic acids is 2. The lowest BCUT2D eigenvalue weighted by Gasteiger charge is -2.15. The van der Waals surface area contributed by atoms with Gasteiger partial charge in [0.1, 0.15) is 6.04 Å². The molecule has 0 aliphatic carbocycles. The average molecular weight is 250 g/mol. The number of amides is 1. The van der Waals surface area contributed by atoms with E-state index in [1.165, 1.54) is 0 Å². The highest BCUT2D eigenvalue weighted by molar-refractivity contribution is 7.80. The van der Waals surface area contributed by atoms with Crippen LogP contribution in [-0.2, 0) is 14.4 Å². The predicted molar refractivity (Wildman–Crippen MR) is 58.3 cm³/mol. The molecule has 0 aromatic heterocycles. The van der Waals surface area contributed by atoms with Crippen LogP contribution in [0.4, 0.5) is 0 Å². The van der Waals surface area contributed by atoms with Crippen LogP contribution in [0.5, 0.6) is 0 Å². The minimum absolute atomic E-state index is 0.0416. The predicted octanol–water partition coefficient (Wildman–Crippen LogP) is -1.32. The van der Waals surface area contributed by atoms with Crippen LogP contribution >= 0.6 is 12.6 Å². The van der Waals surface area contributed by atoms with E-state index in [0.717, 1.165) is 0 Å². The van der Waals surface area contributed by atoms with E-state index in [1.54, 1.807) is 0 Å². The van der Waals surface area contributed by atoms with Crippen LogP contribution in [-0.4, -0.2) is 45.9 Å². The van der Waals surface area contributed by atoms with Gasteiger partial charge in [0, 0.05) is 12.2 Å². The highest BCUT2D eigenvalue weighted by atomic mass is 32.1. The van der Waals surface area contributed by atoms with E-state index in [9.17, 15) is 14.4 Å². The number of hydrogen-bond donors (Lipinski definition) is 5. The quantitative estimate of drug-likeness (QED) is 0.356. The van der Waals surface area contributed by atoms with Gasteiger partial charge in [-0.25, -0.2) is 4.79 Å². The molecule has 0 fully saturated rings. The Bertz CT molecular complexity index is 284. The Morgan fingerprint density at radius 3 is 2.25 bits per heavy atom. The number of nitrogens with one attached hydrogen (secondary N) is 1. The van der Waals surface area contributed by atoms with Crippen molar-refractivity contribution in [2.45, 2.75) is 24.9 Å². The summed E-state index contributed by atoms with van der Waals surface area (Å²) < 4.78 is 0. The van der Waals surface area contributed by atoms with Gasteiger partial charge in [-0.3, -0.25) is 9.59 Å². The minimum atomic E-state index is -1.21. The third kappa shape index (κ3) is 5.56. The van der Waals surface area contributed by atoms with E-state index in [0.29, 0.717) is 0 Å². The molecule has 0 bridgehead atoms. The number of carbonyl (C=O) groups excluding carboxylic acids is 1. The lowest BCUT2D eigenvalue weighted by Crippen LogP contribution is -2.49. The summed E-state index contributed by atoms with van der Waals surface area (Å²) in [5.41, 5.74) is 5.38. The second kappa shape index (κ2) is 7.07. The summed E-state index contributed by atoms with van der Waals surface area (Å²) in [5.74, 6) is -3.03. The van der Waals surface area contributed by atoms with Crippen molar-refractivity contribution in [3.63, 3.8) is 0 Å². The molecule has 1 amide bonds. The molecule has 0 aromatic rings.